The maximum absolute atomic E-state index is 6.26. The summed E-state index contributed by atoms with van der Waals surface area (Å²) in [5, 5.41) is 0.773. The van der Waals surface area contributed by atoms with Crippen LogP contribution in [0.3, 0.4) is 0 Å². The summed E-state index contributed by atoms with van der Waals surface area (Å²) >= 11 is 5.90. The maximum atomic E-state index is 6.26. The average molecular weight is 295 g/mol. The fourth-order valence-corrected chi connectivity index (χ4v) is 3.26. The lowest BCUT2D eigenvalue weighted by Crippen LogP contribution is -2.29. The van der Waals surface area contributed by atoms with Gasteiger partial charge in [-0.1, -0.05) is 43.0 Å². The first-order valence-electron chi connectivity index (χ1n) is 7.85. The molecule has 0 aromatic heterocycles. The minimum absolute atomic E-state index is 0.112. The van der Waals surface area contributed by atoms with Crippen molar-refractivity contribution in [2.75, 3.05) is 20.1 Å². The fraction of sp³-hybridized carbons (Fsp3) is 0.647. The van der Waals surface area contributed by atoms with E-state index in [2.05, 4.69) is 11.9 Å². The zero-order valence-electron chi connectivity index (χ0n) is 12.5. The number of nitrogens with two attached hydrogens (primary N) is 1. The van der Waals surface area contributed by atoms with Crippen molar-refractivity contribution in [3.05, 3.63) is 34.9 Å². The zero-order valence-corrected chi connectivity index (χ0v) is 13.3. The van der Waals surface area contributed by atoms with Crippen molar-refractivity contribution in [1.82, 2.24) is 4.90 Å². The van der Waals surface area contributed by atoms with Crippen LogP contribution >= 0.6 is 11.6 Å². The molecular weight excluding hydrogens is 268 g/mol. The van der Waals surface area contributed by atoms with Crippen molar-refractivity contribution in [3.8, 4) is 0 Å². The van der Waals surface area contributed by atoms with Gasteiger partial charge in [-0.2, -0.15) is 0 Å². The molecule has 2 rings (SSSR count). The summed E-state index contributed by atoms with van der Waals surface area (Å²) in [6.07, 6.45) is 8.10. The second kappa shape index (κ2) is 8.02. The van der Waals surface area contributed by atoms with Crippen LogP contribution in [0.1, 0.15) is 50.1 Å². The number of rotatable bonds is 6. The molecule has 0 heterocycles. The van der Waals surface area contributed by atoms with Gasteiger partial charge >= 0.3 is 0 Å². The third-order valence-corrected chi connectivity index (χ3v) is 4.67. The normalized spacial score (nSPS) is 18.4. The molecule has 2 nitrogen and oxygen atoms in total. The van der Waals surface area contributed by atoms with Crippen LogP contribution in [0.4, 0.5) is 0 Å². The Morgan fingerprint density at radius 1 is 1.20 bits per heavy atom. The molecular formula is C17H27ClN2. The first-order chi connectivity index (χ1) is 9.65. The highest BCUT2D eigenvalue weighted by atomic mass is 35.5. The lowest BCUT2D eigenvalue weighted by Gasteiger charge is -2.27. The van der Waals surface area contributed by atoms with Crippen molar-refractivity contribution >= 4 is 11.6 Å². The highest BCUT2D eigenvalue weighted by molar-refractivity contribution is 6.30. The molecule has 1 aliphatic rings. The molecule has 20 heavy (non-hydrogen) atoms. The van der Waals surface area contributed by atoms with E-state index in [-0.39, 0.29) is 6.04 Å². The Bertz CT molecular complexity index is 384. The summed E-state index contributed by atoms with van der Waals surface area (Å²) in [7, 11) is 2.23. The number of hydrogen-bond acceptors (Lipinski definition) is 2. The summed E-state index contributed by atoms with van der Waals surface area (Å²) in [6.45, 7) is 2.30. The van der Waals surface area contributed by atoms with Gasteiger partial charge in [0.25, 0.3) is 0 Å². The molecule has 0 bridgehead atoms. The van der Waals surface area contributed by atoms with E-state index in [9.17, 15) is 0 Å². The molecule has 2 N–H and O–H groups in total. The van der Waals surface area contributed by atoms with Crippen molar-refractivity contribution in [1.29, 1.82) is 0 Å². The third kappa shape index (κ3) is 5.08. The third-order valence-electron chi connectivity index (χ3n) is 4.41. The van der Waals surface area contributed by atoms with Crippen LogP contribution in [-0.4, -0.2) is 25.0 Å². The first-order valence-corrected chi connectivity index (χ1v) is 8.22. The Morgan fingerprint density at radius 2 is 1.85 bits per heavy atom. The Hall–Kier alpha value is -0.570. The Labute approximate surface area is 128 Å². The van der Waals surface area contributed by atoms with Crippen LogP contribution in [0.5, 0.6) is 0 Å². The Kier molecular flexibility index (Phi) is 6.34. The van der Waals surface area contributed by atoms with Gasteiger partial charge in [-0.25, -0.2) is 0 Å². The molecule has 1 atom stereocenters. The quantitative estimate of drug-likeness (QED) is 0.850. The van der Waals surface area contributed by atoms with E-state index < -0.39 is 0 Å². The highest BCUT2D eigenvalue weighted by Crippen LogP contribution is 2.24. The first kappa shape index (κ1) is 15.8. The van der Waals surface area contributed by atoms with Gasteiger partial charge in [0.15, 0.2) is 0 Å². The zero-order chi connectivity index (χ0) is 14.4. The van der Waals surface area contributed by atoms with E-state index in [1.54, 1.807) is 0 Å². The van der Waals surface area contributed by atoms with E-state index in [0.29, 0.717) is 0 Å². The van der Waals surface area contributed by atoms with Crippen molar-refractivity contribution in [3.63, 3.8) is 0 Å². The SMILES string of the molecule is CN(CCC(N)c1ccc(Cl)cc1)CC1CCCCC1. The molecule has 0 spiro atoms. The molecule has 1 fully saturated rings. The summed E-state index contributed by atoms with van der Waals surface area (Å²) in [5.74, 6) is 0.903. The summed E-state index contributed by atoms with van der Waals surface area (Å²) in [6, 6.07) is 8.02. The molecule has 0 aliphatic heterocycles. The van der Waals surface area contributed by atoms with E-state index in [4.69, 9.17) is 17.3 Å². The second-order valence-electron chi connectivity index (χ2n) is 6.21. The van der Waals surface area contributed by atoms with Crippen LogP contribution < -0.4 is 5.73 Å². The molecule has 1 aromatic carbocycles. The second-order valence-corrected chi connectivity index (χ2v) is 6.65. The standard InChI is InChI=1S/C17H27ClN2/c1-20(13-14-5-3-2-4-6-14)12-11-17(19)15-7-9-16(18)10-8-15/h7-10,14,17H,2-6,11-13,19H2,1H3. The van der Waals surface area contributed by atoms with E-state index >= 15 is 0 Å². The van der Waals surface area contributed by atoms with Gasteiger partial charge in [0.05, 0.1) is 0 Å². The molecule has 0 amide bonds. The van der Waals surface area contributed by atoms with Crippen LogP contribution in [0.25, 0.3) is 0 Å². The van der Waals surface area contributed by atoms with Crippen LogP contribution in [0.2, 0.25) is 5.02 Å². The van der Waals surface area contributed by atoms with Crippen LogP contribution in [-0.2, 0) is 0 Å². The smallest absolute Gasteiger partial charge is 0.0406 e. The highest BCUT2D eigenvalue weighted by Gasteiger charge is 2.16. The molecule has 0 saturated heterocycles. The monoisotopic (exact) mass is 294 g/mol. The van der Waals surface area contributed by atoms with Gasteiger partial charge in [0, 0.05) is 17.6 Å². The minimum Gasteiger partial charge on any atom is -0.324 e. The van der Waals surface area contributed by atoms with Gasteiger partial charge in [0.1, 0.15) is 0 Å². The van der Waals surface area contributed by atoms with Crippen LogP contribution in [0, 0.1) is 5.92 Å². The van der Waals surface area contributed by atoms with Gasteiger partial charge in [0.2, 0.25) is 0 Å². The fourth-order valence-electron chi connectivity index (χ4n) is 3.14. The van der Waals surface area contributed by atoms with Crippen molar-refractivity contribution in [2.45, 2.75) is 44.6 Å². The lowest BCUT2D eigenvalue weighted by atomic mass is 9.89. The van der Waals surface area contributed by atoms with E-state index in [1.165, 1.54) is 44.2 Å². The predicted octanol–water partition coefficient (Wildman–Crippen LogP) is 4.24. The topological polar surface area (TPSA) is 29.3 Å². The van der Waals surface area contributed by atoms with Gasteiger partial charge < -0.3 is 10.6 Å². The predicted molar refractivity (Wildman–Crippen MR) is 87.1 cm³/mol. The molecule has 1 aliphatic carbocycles. The molecule has 0 radical (unpaired) electrons. The summed E-state index contributed by atoms with van der Waals surface area (Å²) in [4.78, 5) is 2.45. The van der Waals surface area contributed by atoms with Crippen molar-refractivity contribution in [2.24, 2.45) is 11.7 Å². The minimum atomic E-state index is 0.112. The number of nitrogens with zero attached hydrogens (tertiary/aromatic N) is 1. The van der Waals surface area contributed by atoms with Gasteiger partial charge in [-0.05, 0) is 56.5 Å². The molecule has 3 heteroatoms. The van der Waals surface area contributed by atoms with Crippen molar-refractivity contribution < 1.29 is 0 Å². The van der Waals surface area contributed by atoms with Gasteiger partial charge in [-0.3, -0.25) is 0 Å². The molecule has 112 valence electrons. The van der Waals surface area contributed by atoms with Crippen LogP contribution in [0.15, 0.2) is 24.3 Å². The Morgan fingerprint density at radius 3 is 2.50 bits per heavy atom. The number of benzene rings is 1. The summed E-state index contributed by atoms with van der Waals surface area (Å²) < 4.78 is 0. The average Bonchev–Trinajstić information content (AvgIpc) is 2.46. The molecule has 1 aromatic rings. The van der Waals surface area contributed by atoms with Gasteiger partial charge in [-0.15, -0.1) is 0 Å². The van der Waals surface area contributed by atoms with E-state index in [0.717, 1.165) is 23.9 Å². The van der Waals surface area contributed by atoms with E-state index in [1.807, 2.05) is 24.3 Å². The number of hydrogen-bond donors (Lipinski definition) is 1. The largest absolute Gasteiger partial charge is 0.324 e. The number of halogens is 1. The summed E-state index contributed by atoms with van der Waals surface area (Å²) in [5.41, 5.74) is 7.44. The molecule has 1 unspecified atom stereocenters. The lowest BCUT2D eigenvalue weighted by molar-refractivity contribution is 0.228. The Balaban J connectivity index is 1.71. The molecule has 1 saturated carbocycles. The maximum Gasteiger partial charge on any atom is 0.0406 e.